The Kier molecular flexibility index (Phi) is 5.87. The number of nitrogens with one attached hydrogen (secondary N) is 1. The molecule has 20 heavy (non-hydrogen) atoms. The van der Waals surface area contributed by atoms with Crippen molar-refractivity contribution in [3.05, 3.63) is 0 Å². The molecule has 1 fully saturated rings. The molecule has 6 N–H and O–H groups in total. The largest absolute Gasteiger partial charge is 0.480 e. The Balaban J connectivity index is 2.69. The number of carboxylic acids is 1. The highest BCUT2D eigenvalue weighted by Gasteiger charge is 2.48. The molecule has 0 radical (unpaired) electrons. The van der Waals surface area contributed by atoms with Gasteiger partial charge in [0.25, 0.3) is 0 Å². The average molecular weight is 293 g/mol. The van der Waals surface area contributed by atoms with Crippen LogP contribution < -0.4 is 5.32 Å². The average Bonchev–Trinajstić information content (AvgIpc) is 2.41. The van der Waals surface area contributed by atoms with Crippen LogP contribution in [0.15, 0.2) is 0 Å². The van der Waals surface area contributed by atoms with E-state index in [0.29, 0.717) is 6.42 Å². The van der Waals surface area contributed by atoms with Gasteiger partial charge >= 0.3 is 5.97 Å². The van der Waals surface area contributed by atoms with Crippen LogP contribution in [0.25, 0.3) is 0 Å². The first kappa shape index (κ1) is 17.3. The highest BCUT2D eigenvalue weighted by Crippen LogP contribution is 2.23. The molecule has 0 saturated carbocycles. The zero-order valence-electron chi connectivity index (χ0n) is 11.6. The third-order valence-electron chi connectivity index (χ3n) is 3.74. The summed E-state index contributed by atoms with van der Waals surface area (Å²) in [5, 5.41) is 50.4. The van der Waals surface area contributed by atoms with E-state index in [-0.39, 0.29) is 19.1 Å². The molecule has 6 atom stereocenters. The van der Waals surface area contributed by atoms with Gasteiger partial charge in [0.1, 0.15) is 24.4 Å². The maximum absolute atomic E-state index is 11.1. The second-order valence-electron chi connectivity index (χ2n) is 5.24. The van der Waals surface area contributed by atoms with E-state index in [1.807, 2.05) is 6.92 Å². The number of aliphatic carboxylic acids is 1. The second-order valence-corrected chi connectivity index (χ2v) is 5.24. The number of hydrogen-bond acceptors (Lipinski definition) is 7. The first-order valence-corrected chi connectivity index (χ1v) is 6.59. The lowest BCUT2D eigenvalue weighted by Gasteiger charge is -2.42. The number of ether oxygens (including phenoxy) is 1. The van der Waals surface area contributed by atoms with Crippen LogP contribution >= 0.6 is 0 Å². The minimum absolute atomic E-state index is 0.188. The van der Waals surface area contributed by atoms with Gasteiger partial charge in [0, 0.05) is 0 Å². The number of carboxylic acid groups (broad SMARTS) is 1. The summed E-state index contributed by atoms with van der Waals surface area (Å²) in [6.07, 6.45) is -3.96. The lowest BCUT2D eigenvalue weighted by molar-refractivity contribution is -0.318. The van der Waals surface area contributed by atoms with Gasteiger partial charge in [-0.25, -0.2) is 0 Å². The van der Waals surface area contributed by atoms with Crippen LogP contribution in [0, 0.1) is 5.92 Å². The van der Waals surface area contributed by atoms with Gasteiger partial charge in [-0.2, -0.15) is 0 Å². The van der Waals surface area contributed by atoms with E-state index in [4.69, 9.17) is 9.84 Å². The number of aliphatic hydroxyl groups excluding tert-OH is 3. The normalized spacial score (nSPS) is 37.4. The molecule has 0 aromatic carbocycles. The quantitative estimate of drug-likeness (QED) is 0.326. The van der Waals surface area contributed by atoms with E-state index >= 15 is 0 Å². The Morgan fingerprint density at radius 2 is 2.05 bits per heavy atom. The van der Waals surface area contributed by atoms with E-state index in [9.17, 15) is 25.2 Å². The van der Waals surface area contributed by atoms with Crippen LogP contribution in [-0.2, 0) is 9.53 Å². The Labute approximate surface area is 117 Å². The third-order valence-corrected chi connectivity index (χ3v) is 3.74. The summed E-state index contributed by atoms with van der Waals surface area (Å²) in [4.78, 5) is 11.1. The van der Waals surface area contributed by atoms with E-state index in [1.165, 1.54) is 0 Å². The molecule has 0 aromatic heterocycles. The van der Waals surface area contributed by atoms with Crippen LogP contribution in [0.2, 0.25) is 0 Å². The molecular weight excluding hydrogens is 270 g/mol. The van der Waals surface area contributed by atoms with Gasteiger partial charge in [0.15, 0.2) is 0 Å². The number of hydrogen-bond donors (Lipinski definition) is 6. The summed E-state index contributed by atoms with van der Waals surface area (Å²) in [5.74, 6) is -3.40. The summed E-state index contributed by atoms with van der Waals surface area (Å²) in [6.45, 7) is 2.85. The molecule has 0 bridgehead atoms. The Morgan fingerprint density at radius 3 is 2.55 bits per heavy atom. The van der Waals surface area contributed by atoms with Gasteiger partial charge in [0.05, 0.1) is 13.2 Å². The number of rotatable bonds is 6. The fraction of sp³-hybridized carbons (Fsp3) is 0.917. The smallest absolute Gasteiger partial charge is 0.320 e. The Morgan fingerprint density at radius 1 is 1.45 bits per heavy atom. The molecule has 0 aliphatic carbocycles. The van der Waals surface area contributed by atoms with Crippen molar-refractivity contribution in [1.29, 1.82) is 0 Å². The molecular formula is C12H23NO7. The van der Waals surface area contributed by atoms with Crippen molar-refractivity contribution in [3.63, 3.8) is 0 Å². The molecule has 118 valence electrons. The number of carbonyl (C=O) groups is 1. The van der Waals surface area contributed by atoms with Crippen molar-refractivity contribution < 1.29 is 35.1 Å². The lowest BCUT2D eigenvalue weighted by atomic mass is 9.95. The van der Waals surface area contributed by atoms with E-state index in [0.717, 1.165) is 0 Å². The molecule has 1 saturated heterocycles. The SMILES string of the molecule is CCC(C)C(NC[C@@]1(O)OCC(O)C(O)C1O)C(=O)O. The fourth-order valence-corrected chi connectivity index (χ4v) is 2.07. The molecule has 5 unspecified atom stereocenters. The molecule has 1 aliphatic rings. The monoisotopic (exact) mass is 293 g/mol. The standard InChI is InChI=1S/C12H23NO7/c1-3-6(2)8(11(17)18)13-5-12(19)10(16)9(15)7(14)4-20-12/h6-10,13-16,19H,3-5H2,1-2H3,(H,17,18)/t6?,7?,8?,9?,10?,12-/m1/s1. The van der Waals surface area contributed by atoms with Crippen molar-refractivity contribution in [2.24, 2.45) is 5.92 Å². The second kappa shape index (κ2) is 6.79. The molecule has 1 heterocycles. The lowest BCUT2D eigenvalue weighted by Crippen LogP contribution is -2.65. The van der Waals surface area contributed by atoms with E-state index in [1.54, 1.807) is 6.92 Å². The van der Waals surface area contributed by atoms with Crippen LogP contribution in [0.5, 0.6) is 0 Å². The van der Waals surface area contributed by atoms with Crippen LogP contribution in [-0.4, -0.2) is 74.8 Å². The highest BCUT2D eigenvalue weighted by atomic mass is 16.6. The molecule has 0 aromatic rings. The van der Waals surface area contributed by atoms with Gasteiger partial charge in [-0.1, -0.05) is 20.3 Å². The van der Waals surface area contributed by atoms with Crippen molar-refractivity contribution >= 4 is 5.97 Å². The predicted octanol–water partition coefficient (Wildman–Crippen LogP) is -2.12. The Bertz CT molecular complexity index is 340. The molecule has 1 aliphatic heterocycles. The third kappa shape index (κ3) is 3.66. The summed E-state index contributed by atoms with van der Waals surface area (Å²) in [7, 11) is 0. The van der Waals surface area contributed by atoms with Gasteiger partial charge < -0.3 is 30.3 Å². The zero-order chi connectivity index (χ0) is 15.5. The van der Waals surface area contributed by atoms with Gasteiger partial charge in [-0.3, -0.25) is 10.1 Å². The summed E-state index contributed by atoms with van der Waals surface area (Å²) in [6, 6.07) is -0.913. The van der Waals surface area contributed by atoms with Crippen molar-refractivity contribution in [3.8, 4) is 0 Å². The van der Waals surface area contributed by atoms with Crippen LogP contribution in [0.1, 0.15) is 20.3 Å². The summed E-state index contributed by atoms with van der Waals surface area (Å²) in [5.41, 5.74) is 0. The molecule has 0 amide bonds. The van der Waals surface area contributed by atoms with E-state index < -0.39 is 36.1 Å². The maximum Gasteiger partial charge on any atom is 0.320 e. The summed E-state index contributed by atoms with van der Waals surface area (Å²) < 4.78 is 4.94. The van der Waals surface area contributed by atoms with Crippen molar-refractivity contribution in [2.45, 2.75) is 50.4 Å². The molecule has 0 spiro atoms. The first-order chi connectivity index (χ1) is 9.23. The van der Waals surface area contributed by atoms with Gasteiger partial charge in [0.2, 0.25) is 5.79 Å². The number of aliphatic hydroxyl groups is 4. The topological polar surface area (TPSA) is 139 Å². The first-order valence-electron chi connectivity index (χ1n) is 6.59. The zero-order valence-corrected chi connectivity index (χ0v) is 11.6. The minimum Gasteiger partial charge on any atom is -0.480 e. The fourth-order valence-electron chi connectivity index (χ4n) is 2.07. The van der Waals surface area contributed by atoms with Crippen molar-refractivity contribution in [2.75, 3.05) is 13.2 Å². The highest BCUT2D eigenvalue weighted by molar-refractivity contribution is 5.73. The minimum atomic E-state index is -2.14. The van der Waals surface area contributed by atoms with E-state index in [2.05, 4.69) is 5.32 Å². The maximum atomic E-state index is 11.1. The molecule has 1 rings (SSSR count). The van der Waals surface area contributed by atoms with Gasteiger partial charge in [-0.05, 0) is 5.92 Å². The molecule has 8 heteroatoms. The van der Waals surface area contributed by atoms with Crippen LogP contribution in [0.4, 0.5) is 0 Å². The predicted molar refractivity (Wildman–Crippen MR) is 67.8 cm³/mol. The molecule has 8 nitrogen and oxygen atoms in total. The van der Waals surface area contributed by atoms with Gasteiger partial charge in [-0.15, -0.1) is 0 Å². The summed E-state index contributed by atoms with van der Waals surface area (Å²) >= 11 is 0. The van der Waals surface area contributed by atoms with Crippen LogP contribution in [0.3, 0.4) is 0 Å². The van der Waals surface area contributed by atoms with Crippen molar-refractivity contribution in [1.82, 2.24) is 5.32 Å². The Hall–Kier alpha value is -0.770.